The van der Waals surface area contributed by atoms with Crippen molar-refractivity contribution in [3.05, 3.63) is 16.1 Å². The number of carbonyl (C=O) groups is 1. The van der Waals surface area contributed by atoms with E-state index in [-0.39, 0.29) is 11.9 Å². The number of aryl methyl sites for hydroxylation is 1. The van der Waals surface area contributed by atoms with E-state index in [4.69, 9.17) is 0 Å². The molecular formula is C15H26N4OS. The Hall–Kier alpha value is -1.14. The number of thiazole rings is 1. The summed E-state index contributed by atoms with van der Waals surface area (Å²) in [6.45, 7) is 4.77. The third kappa shape index (κ3) is 4.68. The van der Waals surface area contributed by atoms with Crippen molar-refractivity contribution in [1.29, 1.82) is 0 Å². The zero-order valence-corrected chi connectivity index (χ0v) is 14.2. The van der Waals surface area contributed by atoms with Gasteiger partial charge in [0, 0.05) is 35.6 Å². The molecule has 0 bridgehead atoms. The number of amides is 2. The van der Waals surface area contributed by atoms with Crippen molar-refractivity contribution in [3.63, 3.8) is 0 Å². The Morgan fingerprint density at radius 3 is 2.86 bits per heavy atom. The zero-order valence-electron chi connectivity index (χ0n) is 13.3. The summed E-state index contributed by atoms with van der Waals surface area (Å²) in [5.74, 6) is 0.257. The molecule has 0 aliphatic heterocycles. The predicted molar refractivity (Wildman–Crippen MR) is 86.9 cm³/mol. The molecule has 2 amide bonds. The number of carbonyl (C=O) groups excluding carboxylic acids is 1. The summed E-state index contributed by atoms with van der Waals surface area (Å²) < 4.78 is 0. The molecule has 1 heterocycles. The van der Waals surface area contributed by atoms with E-state index in [1.54, 1.807) is 11.3 Å². The third-order valence-corrected chi connectivity index (χ3v) is 5.24. The number of hydrogen-bond acceptors (Lipinski definition) is 4. The first-order valence-corrected chi connectivity index (χ1v) is 8.40. The maximum atomic E-state index is 12.0. The van der Waals surface area contributed by atoms with Crippen LogP contribution in [0, 0.1) is 6.92 Å². The van der Waals surface area contributed by atoms with Gasteiger partial charge in [-0.15, -0.1) is 11.3 Å². The maximum absolute atomic E-state index is 12.0. The number of rotatable bonds is 5. The number of nitrogens with one attached hydrogen (secondary N) is 2. The van der Waals surface area contributed by atoms with Gasteiger partial charge in [0.1, 0.15) is 0 Å². The molecule has 6 heteroatoms. The Balaban J connectivity index is 1.70. The molecule has 0 unspecified atom stereocenters. The molecule has 0 saturated heterocycles. The highest BCUT2D eigenvalue weighted by molar-refractivity contribution is 7.11. The second-order valence-electron chi connectivity index (χ2n) is 6.19. The molecule has 3 atom stereocenters. The van der Waals surface area contributed by atoms with Gasteiger partial charge in [-0.05, 0) is 40.3 Å². The Morgan fingerprint density at radius 2 is 2.29 bits per heavy atom. The van der Waals surface area contributed by atoms with E-state index in [2.05, 4.69) is 48.5 Å². The lowest BCUT2D eigenvalue weighted by molar-refractivity contribution is 0.235. The minimum atomic E-state index is -0.0560. The lowest BCUT2D eigenvalue weighted by atomic mass is 10.2. The topological polar surface area (TPSA) is 57.3 Å². The molecule has 2 rings (SSSR count). The molecule has 0 spiro atoms. The van der Waals surface area contributed by atoms with Gasteiger partial charge in [-0.3, -0.25) is 0 Å². The predicted octanol–water partition coefficient (Wildman–Crippen LogP) is 2.34. The quantitative estimate of drug-likeness (QED) is 0.877. The average Bonchev–Trinajstić information content (AvgIpc) is 3.05. The van der Waals surface area contributed by atoms with Gasteiger partial charge in [-0.2, -0.15) is 0 Å². The molecule has 21 heavy (non-hydrogen) atoms. The molecule has 0 radical (unpaired) electrons. The van der Waals surface area contributed by atoms with Gasteiger partial charge in [-0.1, -0.05) is 6.92 Å². The van der Waals surface area contributed by atoms with Crippen LogP contribution in [0.1, 0.15) is 42.0 Å². The van der Waals surface area contributed by atoms with Gasteiger partial charge < -0.3 is 15.5 Å². The van der Waals surface area contributed by atoms with Crippen LogP contribution in [0.5, 0.6) is 0 Å². The number of urea groups is 1. The van der Waals surface area contributed by atoms with Crippen LogP contribution in [-0.2, 0) is 0 Å². The minimum Gasteiger partial charge on any atom is -0.337 e. The molecule has 1 saturated carbocycles. The van der Waals surface area contributed by atoms with Crippen molar-refractivity contribution < 1.29 is 4.79 Å². The average molecular weight is 310 g/mol. The summed E-state index contributed by atoms with van der Waals surface area (Å²) in [6.07, 6.45) is 5.16. The van der Waals surface area contributed by atoms with E-state index >= 15 is 0 Å². The lowest BCUT2D eigenvalue weighted by Gasteiger charge is -2.19. The summed E-state index contributed by atoms with van der Waals surface area (Å²) in [5.41, 5.74) is 0. The van der Waals surface area contributed by atoms with E-state index in [0.29, 0.717) is 18.6 Å². The zero-order chi connectivity index (χ0) is 15.4. The van der Waals surface area contributed by atoms with Crippen molar-refractivity contribution in [1.82, 2.24) is 20.5 Å². The summed E-state index contributed by atoms with van der Waals surface area (Å²) >= 11 is 1.70. The van der Waals surface area contributed by atoms with E-state index in [0.717, 1.165) is 24.3 Å². The molecule has 0 aromatic carbocycles. The molecule has 1 aliphatic carbocycles. The number of aromatic nitrogens is 1. The first-order chi connectivity index (χ1) is 9.95. The van der Waals surface area contributed by atoms with E-state index in [1.807, 2.05) is 6.20 Å². The van der Waals surface area contributed by atoms with Crippen LogP contribution in [0.2, 0.25) is 0 Å². The summed E-state index contributed by atoms with van der Waals surface area (Å²) in [6, 6.07) is 0.835. The van der Waals surface area contributed by atoms with Crippen LogP contribution >= 0.6 is 11.3 Å². The second kappa shape index (κ2) is 7.22. The fourth-order valence-electron chi connectivity index (χ4n) is 2.73. The molecule has 118 valence electrons. The van der Waals surface area contributed by atoms with Crippen LogP contribution in [0.25, 0.3) is 0 Å². The van der Waals surface area contributed by atoms with Gasteiger partial charge in [0.15, 0.2) is 0 Å². The Labute approximate surface area is 131 Å². The van der Waals surface area contributed by atoms with E-state index < -0.39 is 0 Å². The normalized spacial score (nSPS) is 23.3. The fourth-order valence-corrected chi connectivity index (χ4v) is 3.55. The Kier molecular flexibility index (Phi) is 5.58. The van der Waals surface area contributed by atoms with Crippen LogP contribution < -0.4 is 10.6 Å². The highest BCUT2D eigenvalue weighted by Gasteiger charge is 2.27. The molecule has 1 fully saturated rings. The summed E-state index contributed by atoms with van der Waals surface area (Å²) in [4.78, 5) is 19.8. The van der Waals surface area contributed by atoms with Gasteiger partial charge >= 0.3 is 6.03 Å². The standard InChI is InChI=1S/C15H26N4OS/c1-10(14-16-9-11(2)21-14)8-17-15(20)18-12-5-6-13(7-12)19(3)4/h9-10,12-13H,5-8H2,1-4H3,(H2,17,18,20)/t10-,12+,13+/m1/s1. The number of hydrogen-bond donors (Lipinski definition) is 2. The Bertz CT molecular complexity index is 474. The summed E-state index contributed by atoms with van der Waals surface area (Å²) in [5, 5.41) is 7.13. The SMILES string of the molecule is Cc1cnc([C@H](C)CNC(=O)N[C@H]2CC[C@H](N(C)C)C2)s1. The molecule has 1 aliphatic rings. The van der Waals surface area contributed by atoms with Crippen molar-refractivity contribution in [2.75, 3.05) is 20.6 Å². The van der Waals surface area contributed by atoms with Gasteiger partial charge in [0.25, 0.3) is 0 Å². The second-order valence-corrected chi connectivity index (χ2v) is 7.46. The van der Waals surface area contributed by atoms with Crippen LogP contribution in [-0.4, -0.2) is 48.6 Å². The monoisotopic (exact) mass is 310 g/mol. The highest BCUT2D eigenvalue weighted by atomic mass is 32.1. The molecule has 2 N–H and O–H groups in total. The fraction of sp³-hybridized carbons (Fsp3) is 0.733. The van der Waals surface area contributed by atoms with Crippen molar-refractivity contribution in [3.8, 4) is 0 Å². The van der Waals surface area contributed by atoms with Gasteiger partial charge in [0.2, 0.25) is 0 Å². The maximum Gasteiger partial charge on any atom is 0.315 e. The molecule has 1 aromatic rings. The molecular weight excluding hydrogens is 284 g/mol. The van der Waals surface area contributed by atoms with Crippen molar-refractivity contribution in [2.45, 2.75) is 51.1 Å². The van der Waals surface area contributed by atoms with Gasteiger partial charge in [-0.25, -0.2) is 9.78 Å². The first-order valence-electron chi connectivity index (χ1n) is 7.58. The van der Waals surface area contributed by atoms with Crippen LogP contribution in [0.4, 0.5) is 4.79 Å². The highest BCUT2D eigenvalue weighted by Crippen LogP contribution is 2.22. The third-order valence-electron chi connectivity index (χ3n) is 4.10. The Morgan fingerprint density at radius 1 is 1.52 bits per heavy atom. The van der Waals surface area contributed by atoms with Crippen LogP contribution in [0.15, 0.2) is 6.20 Å². The van der Waals surface area contributed by atoms with Crippen molar-refractivity contribution in [2.24, 2.45) is 0 Å². The minimum absolute atomic E-state index is 0.0560. The number of nitrogens with zero attached hydrogens (tertiary/aromatic N) is 2. The largest absolute Gasteiger partial charge is 0.337 e. The van der Waals surface area contributed by atoms with E-state index in [1.165, 1.54) is 4.88 Å². The first kappa shape index (κ1) is 16.2. The van der Waals surface area contributed by atoms with Crippen LogP contribution in [0.3, 0.4) is 0 Å². The lowest BCUT2D eigenvalue weighted by Crippen LogP contribution is -2.42. The summed E-state index contributed by atoms with van der Waals surface area (Å²) in [7, 11) is 4.20. The van der Waals surface area contributed by atoms with Gasteiger partial charge in [0.05, 0.1) is 5.01 Å². The van der Waals surface area contributed by atoms with E-state index in [9.17, 15) is 4.79 Å². The molecule has 5 nitrogen and oxygen atoms in total. The van der Waals surface area contributed by atoms with Crippen molar-refractivity contribution >= 4 is 17.4 Å². The smallest absolute Gasteiger partial charge is 0.315 e. The molecule has 1 aromatic heterocycles.